The van der Waals surface area contributed by atoms with E-state index < -0.39 is 0 Å². The summed E-state index contributed by atoms with van der Waals surface area (Å²) < 4.78 is 18.4. The van der Waals surface area contributed by atoms with Crippen LogP contribution >= 0.6 is 0 Å². The molecule has 0 aliphatic carbocycles. The molecular formula is C14H16FN3O2. The topological polar surface area (TPSA) is 68.0 Å². The van der Waals surface area contributed by atoms with Gasteiger partial charge in [0.05, 0.1) is 0 Å². The molecule has 0 atom stereocenters. The largest absolute Gasteiger partial charge is 0.420 e. The highest BCUT2D eigenvalue weighted by Gasteiger charge is 2.12. The number of amides is 1. The standard InChI is InChI=1S/C14H16FN3O2/c1-9(2)8-16-12(19)7-13-17-18-14(20-13)10-4-3-5-11(15)6-10/h3-6,9H,7-8H2,1-2H3,(H,16,19). The van der Waals surface area contributed by atoms with E-state index in [0.717, 1.165) is 0 Å². The number of benzene rings is 1. The minimum absolute atomic E-state index is 0.0229. The molecule has 1 heterocycles. The molecule has 0 aliphatic heterocycles. The molecule has 0 spiro atoms. The summed E-state index contributed by atoms with van der Waals surface area (Å²) in [4.78, 5) is 11.6. The minimum Gasteiger partial charge on any atom is -0.420 e. The number of aromatic nitrogens is 2. The maximum absolute atomic E-state index is 13.1. The first-order valence-electron chi connectivity index (χ1n) is 6.39. The van der Waals surface area contributed by atoms with Crippen LogP contribution in [-0.4, -0.2) is 22.6 Å². The van der Waals surface area contributed by atoms with E-state index in [1.165, 1.54) is 12.1 Å². The summed E-state index contributed by atoms with van der Waals surface area (Å²) >= 11 is 0. The zero-order valence-electron chi connectivity index (χ0n) is 11.4. The first-order valence-corrected chi connectivity index (χ1v) is 6.39. The van der Waals surface area contributed by atoms with E-state index in [1.54, 1.807) is 12.1 Å². The van der Waals surface area contributed by atoms with E-state index in [0.29, 0.717) is 18.0 Å². The molecule has 0 unspecified atom stereocenters. The van der Waals surface area contributed by atoms with E-state index in [2.05, 4.69) is 15.5 Å². The van der Waals surface area contributed by atoms with Crippen molar-refractivity contribution in [3.05, 3.63) is 36.0 Å². The molecule has 1 amide bonds. The van der Waals surface area contributed by atoms with Crippen LogP contribution in [0, 0.1) is 11.7 Å². The van der Waals surface area contributed by atoms with Crippen molar-refractivity contribution in [1.82, 2.24) is 15.5 Å². The summed E-state index contributed by atoms with van der Waals surface area (Å²) in [5, 5.41) is 10.4. The van der Waals surface area contributed by atoms with Gasteiger partial charge in [-0.25, -0.2) is 4.39 Å². The Hall–Kier alpha value is -2.24. The molecule has 106 valence electrons. The van der Waals surface area contributed by atoms with E-state index in [-0.39, 0.29) is 29.9 Å². The molecule has 1 N–H and O–H groups in total. The normalized spacial score (nSPS) is 10.8. The maximum Gasteiger partial charge on any atom is 0.247 e. The van der Waals surface area contributed by atoms with Crippen molar-refractivity contribution in [2.45, 2.75) is 20.3 Å². The molecule has 5 nitrogen and oxygen atoms in total. The summed E-state index contributed by atoms with van der Waals surface area (Å²) in [5.41, 5.74) is 0.492. The first-order chi connectivity index (χ1) is 9.54. The lowest BCUT2D eigenvalue weighted by Gasteiger charge is -2.05. The van der Waals surface area contributed by atoms with Gasteiger partial charge in [0, 0.05) is 12.1 Å². The molecule has 1 aromatic heterocycles. The molecule has 20 heavy (non-hydrogen) atoms. The van der Waals surface area contributed by atoms with Crippen molar-refractivity contribution < 1.29 is 13.6 Å². The first kappa shape index (κ1) is 14.2. The number of carbonyl (C=O) groups excluding carboxylic acids is 1. The van der Waals surface area contributed by atoms with Crippen LogP contribution in [0.3, 0.4) is 0 Å². The molecule has 0 saturated heterocycles. The zero-order valence-corrected chi connectivity index (χ0v) is 11.4. The van der Waals surface area contributed by atoms with Crippen LogP contribution in [0.25, 0.3) is 11.5 Å². The zero-order chi connectivity index (χ0) is 14.5. The predicted molar refractivity (Wildman–Crippen MR) is 71.2 cm³/mol. The minimum atomic E-state index is -0.378. The second kappa shape index (κ2) is 6.27. The van der Waals surface area contributed by atoms with Crippen LogP contribution in [0.1, 0.15) is 19.7 Å². The van der Waals surface area contributed by atoms with Crippen LogP contribution in [0.15, 0.2) is 28.7 Å². The van der Waals surface area contributed by atoms with Gasteiger partial charge < -0.3 is 9.73 Å². The van der Waals surface area contributed by atoms with E-state index in [4.69, 9.17) is 4.42 Å². The van der Waals surface area contributed by atoms with Crippen molar-refractivity contribution in [2.75, 3.05) is 6.54 Å². The number of rotatable bonds is 5. The molecule has 0 bridgehead atoms. The Kier molecular flexibility index (Phi) is 4.45. The van der Waals surface area contributed by atoms with Crippen molar-refractivity contribution in [1.29, 1.82) is 0 Å². The molecule has 2 aromatic rings. The lowest BCUT2D eigenvalue weighted by atomic mass is 10.2. The van der Waals surface area contributed by atoms with Gasteiger partial charge in [-0.05, 0) is 24.1 Å². The van der Waals surface area contributed by atoms with Gasteiger partial charge in [0.1, 0.15) is 12.2 Å². The van der Waals surface area contributed by atoms with Crippen LogP contribution in [0.2, 0.25) is 0 Å². The number of nitrogens with zero attached hydrogens (tertiary/aromatic N) is 2. The number of carbonyl (C=O) groups is 1. The number of hydrogen-bond acceptors (Lipinski definition) is 4. The Bertz CT molecular complexity index is 596. The second-order valence-electron chi connectivity index (χ2n) is 4.89. The quantitative estimate of drug-likeness (QED) is 0.909. The SMILES string of the molecule is CC(C)CNC(=O)Cc1nnc(-c2cccc(F)c2)o1. The Morgan fingerprint density at radius 2 is 2.20 bits per heavy atom. The Morgan fingerprint density at radius 1 is 1.40 bits per heavy atom. The molecule has 0 radical (unpaired) electrons. The Labute approximate surface area is 116 Å². The predicted octanol–water partition coefficient (Wildman–Crippen LogP) is 2.19. The lowest BCUT2D eigenvalue weighted by Crippen LogP contribution is -2.28. The summed E-state index contributed by atoms with van der Waals surface area (Å²) in [5.74, 6) is 0.247. The van der Waals surface area contributed by atoms with Crippen molar-refractivity contribution in [3.8, 4) is 11.5 Å². The second-order valence-corrected chi connectivity index (χ2v) is 4.89. The van der Waals surface area contributed by atoms with Crippen LogP contribution in [-0.2, 0) is 11.2 Å². The smallest absolute Gasteiger partial charge is 0.247 e. The van der Waals surface area contributed by atoms with E-state index >= 15 is 0 Å². The van der Waals surface area contributed by atoms with Gasteiger partial charge in [-0.15, -0.1) is 10.2 Å². The summed E-state index contributed by atoms with van der Waals surface area (Å²) in [6.45, 7) is 4.62. The fraction of sp³-hybridized carbons (Fsp3) is 0.357. The Balaban J connectivity index is 2.00. The van der Waals surface area contributed by atoms with Crippen molar-refractivity contribution in [3.63, 3.8) is 0 Å². The highest BCUT2D eigenvalue weighted by molar-refractivity contribution is 5.77. The third-order valence-corrected chi connectivity index (χ3v) is 2.56. The Morgan fingerprint density at radius 3 is 2.90 bits per heavy atom. The monoisotopic (exact) mass is 277 g/mol. The average Bonchev–Trinajstić information content (AvgIpc) is 2.85. The molecule has 0 saturated carbocycles. The van der Waals surface area contributed by atoms with E-state index in [9.17, 15) is 9.18 Å². The van der Waals surface area contributed by atoms with Crippen LogP contribution in [0.5, 0.6) is 0 Å². The number of nitrogens with one attached hydrogen (secondary N) is 1. The van der Waals surface area contributed by atoms with Crippen LogP contribution in [0.4, 0.5) is 4.39 Å². The molecule has 6 heteroatoms. The van der Waals surface area contributed by atoms with Gasteiger partial charge >= 0.3 is 0 Å². The number of halogens is 1. The summed E-state index contributed by atoms with van der Waals surface area (Å²) in [6, 6.07) is 5.86. The summed E-state index contributed by atoms with van der Waals surface area (Å²) in [7, 11) is 0. The summed E-state index contributed by atoms with van der Waals surface area (Å²) in [6.07, 6.45) is 0.0229. The van der Waals surface area contributed by atoms with Crippen LogP contribution < -0.4 is 5.32 Å². The van der Waals surface area contributed by atoms with Gasteiger partial charge in [-0.3, -0.25) is 4.79 Å². The average molecular weight is 277 g/mol. The fourth-order valence-corrected chi connectivity index (χ4v) is 1.58. The molecule has 0 fully saturated rings. The molecule has 0 aliphatic rings. The highest BCUT2D eigenvalue weighted by atomic mass is 19.1. The van der Waals surface area contributed by atoms with Gasteiger partial charge in [0.25, 0.3) is 0 Å². The highest BCUT2D eigenvalue weighted by Crippen LogP contribution is 2.18. The van der Waals surface area contributed by atoms with Crippen molar-refractivity contribution >= 4 is 5.91 Å². The number of hydrogen-bond donors (Lipinski definition) is 1. The maximum atomic E-state index is 13.1. The van der Waals surface area contributed by atoms with Gasteiger partial charge in [-0.2, -0.15) is 0 Å². The third-order valence-electron chi connectivity index (χ3n) is 2.56. The van der Waals surface area contributed by atoms with E-state index in [1.807, 2.05) is 13.8 Å². The van der Waals surface area contributed by atoms with Gasteiger partial charge in [-0.1, -0.05) is 19.9 Å². The van der Waals surface area contributed by atoms with Gasteiger partial charge in [0.15, 0.2) is 0 Å². The fourth-order valence-electron chi connectivity index (χ4n) is 1.58. The third kappa shape index (κ3) is 3.88. The molecule has 2 rings (SSSR count). The molecule has 1 aromatic carbocycles. The lowest BCUT2D eigenvalue weighted by molar-refractivity contribution is -0.120. The van der Waals surface area contributed by atoms with Gasteiger partial charge in [0.2, 0.25) is 17.7 Å². The molecular weight excluding hydrogens is 261 g/mol. The van der Waals surface area contributed by atoms with Crippen molar-refractivity contribution in [2.24, 2.45) is 5.92 Å².